The fourth-order valence-electron chi connectivity index (χ4n) is 1.60. The second-order valence-electron chi connectivity index (χ2n) is 4.64. The lowest BCUT2D eigenvalue weighted by Crippen LogP contribution is -2.50. The molecule has 1 aliphatic rings. The van der Waals surface area contributed by atoms with E-state index < -0.39 is 5.54 Å². The SMILES string of the molecule is CCC(C)(N)C(=O)NCc1ccc2c(c1)OCO2. The Bertz CT molecular complexity index is 458. The standard InChI is InChI=1S/C13H18N2O3/c1-3-13(2,14)12(16)15-7-9-4-5-10-11(6-9)18-8-17-10/h4-6H,3,7-8,14H2,1-2H3,(H,15,16). The van der Waals surface area contributed by atoms with Crippen LogP contribution in [0.25, 0.3) is 0 Å². The van der Waals surface area contributed by atoms with Crippen molar-refractivity contribution in [2.24, 2.45) is 5.73 Å². The summed E-state index contributed by atoms with van der Waals surface area (Å²) >= 11 is 0. The van der Waals surface area contributed by atoms with Crippen LogP contribution in [0.3, 0.4) is 0 Å². The van der Waals surface area contributed by atoms with E-state index in [4.69, 9.17) is 15.2 Å². The van der Waals surface area contributed by atoms with Crippen LogP contribution in [-0.2, 0) is 11.3 Å². The fraction of sp³-hybridized carbons (Fsp3) is 0.462. The quantitative estimate of drug-likeness (QED) is 0.841. The molecule has 18 heavy (non-hydrogen) atoms. The second kappa shape index (κ2) is 4.86. The highest BCUT2D eigenvalue weighted by molar-refractivity contribution is 5.85. The van der Waals surface area contributed by atoms with Crippen LogP contribution in [0, 0.1) is 0 Å². The molecule has 1 heterocycles. The van der Waals surface area contributed by atoms with Crippen molar-refractivity contribution in [2.75, 3.05) is 6.79 Å². The average Bonchev–Trinajstić information content (AvgIpc) is 2.83. The van der Waals surface area contributed by atoms with Gasteiger partial charge in [-0.05, 0) is 31.0 Å². The summed E-state index contributed by atoms with van der Waals surface area (Å²) in [5.74, 6) is 1.30. The zero-order chi connectivity index (χ0) is 13.2. The molecule has 2 rings (SSSR count). The Morgan fingerprint density at radius 1 is 1.44 bits per heavy atom. The molecule has 5 nitrogen and oxygen atoms in total. The van der Waals surface area contributed by atoms with Gasteiger partial charge >= 0.3 is 0 Å². The fourth-order valence-corrected chi connectivity index (χ4v) is 1.60. The molecule has 5 heteroatoms. The molecule has 0 bridgehead atoms. The molecule has 0 spiro atoms. The van der Waals surface area contributed by atoms with Gasteiger partial charge in [-0.1, -0.05) is 13.0 Å². The first-order chi connectivity index (χ1) is 8.53. The molecule has 1 atom stereocenters. The van der Waals surface area contributed by atoms with Gasteiger partial charge in [0.1, 0.15) is 0 Å². The first-order valence-electron chi connectivity index (χ1n) is 5.98. The Labute approximate surface area is 106 Å². The van der Waals surface area contributed by atoms with Crippen LogP contribution in [0.4, 0.5) is 0 Å². The van der Waals surface area contributed by atoms with Gasteiger partial charge in [0.05, 0.1) is 5.54 Å². The minimum Gasteiger partial charge on any atom is -0.454 e. The highest BCUT2D eigenvalue weighted by Crippen LogP contribution is 2.32. The first-order valence-corrected chi connectivity index (χ1v) is 5.98. The van der Waals surface area contributed by atoms with Crippen LogP contribution in [-0.4, -0.2) is 18.2 Å². The van der Waals surface area contributed by atoms with Crippen molar-refractivity contribution in [3.8, 4) is 11.5 Å². The number of amides is 1. The monoisotopic (exact) mass is 250 g/mol. The van der Waals surface area contributed by atoms with Gasteiger partial charge in [-0.2, -0.15) is 0 Å². The highest BCUT2D eigenvalue weighted by Gasteiger charge is 2.25. The number of hydrogen-bond donors (Lipinski definition) is 2. The normalized spacial score (nSPS) is 16.2. The van der Waals surface area contributed by atoms with Crippen molar-refractivity contribution in [3.05, 3.63) is 23.8 Å². The van der Waals surface area contributed by atoms with E-state index in [2.05, 4.69) is 5.32 Å². The number of carbonyl (C=O) groups excluding carboxylic acids is 1. The Morgan fingerprint density at radius 3 is 2.89 bits per heavy atom. The Kier molecular flexibility index (Phi) is 3.43. The molecule has 0 aromatic heterocycles. The molecule has 0 radical (unpaired) electrons. The summed E-state index contributed by atoms with van der Waals surface area (Å²) in [5.41, 5.74) is 5.99. The minimum atomic E-state index is -0.823. The summed E-state index contributed by atoms with van der Waals surface area (Å²) in [6, 6.07) is 5.60. The van der Waals surface area contributed by atoms with E-state index in [1.807, 2.05) is 25.1 Å². The molecule has 0 aliphatic carbocycles. The number of ether oxygens (including phenoxy) is 2. The van der Waals surface area contributed by atoms with Gasteiger partial charge in [-0.3, -0.25) is 4.79 Å². The van der Waals surface area contributed by atoms with E-state index in [0.29, 0.717) is 18.7 Å². The second-order valence-corrected chi connectivity index (χ2v) is 4.64. The summed E-state index contributed by atoms with van der Waals surface area (Å²) in [5, 5.41) is 2.82. The van der Waals surface area contributed by atoms with E-state index in [0.717, 1.165) is 11.3 Å². The molecule has 98 valence electrons. The lowest BCUT2D eigenvalue weighted by atomic mass is 9.99. The molecule has 1 aromatic carbocycles. The van der Waals surface area contributed by atoms with Gasteiger partial charge in [-0.25, -0.2) is 0 Å². The molecule has 1 amide bonds. The summed E-state index contributed by atoms with van der Waals surface area (Å²) in [6.45, 7) is 4.30. The van der Waals surface area contributed by atoms with Crippen LogP contribution in [0.5, 0.6) is 11.5 Å². The number of benzene rings is 1. The third-order valence-corrected chi connectivity index (χ3v) is 3.14. The van der Waals surface area contributed by atoms with E-state index in [1.165, 1.54) is 0 Å². The van der Waals surface area contributed by atoms with E-state index in [1.54, 1.807) is 6.92 Å². The number of nitrogens with two attached hydrogens (primary N) is 1. The van der Waals surface area contributed by atoms with E-state index >= 15 is 0 Å². The Balaban J connectivity index is 1.97. The van der Waals surface area contributed by atoms with Crippen LogP contribution in [0.1, 0.15) is 25.8 Å². The molecular weight excluding hydrogens is 232 g/mol. The summed E-state index contributed by atoms with van der Waals surface area (Å²) in [4.78, 5) is 11.8. The maximum absolute atomic E-state index is 11.8. The van der Waals surface area contributed by atoms with E-state index in [9.17, 15) is 4.79 Å². The van der Waals surface area contributed by atoms with Crippen molar-refractivity contribution in [1.29, 1.82) is 0 Å². The average molecular weight is 250 g/mol. The molecule has 0 saturated carbocycles. The summed E-state index contributed by atoms with van der Waals surface area (Å²) in [7, 11) is 0. The van der Waals surface area contributed by atoms with Gasteiger partial charge in [-0.15, -0.1) is 0 Å². The third kappa shape index (κ3) is 2.56. The predicted molar refractivity (Wildman–Crippen MR) is 67.3 cm³/mol. The number of nitrogens with one attached hydrogen (secondary N) is 1. The maximum Gasteiger partial charge on any atom is 0.240 e. The molecule has 1 aromatic rings. The Morgan fingerprint density at radius 2 is 2.17 bits per heavy atom. The van der Waals surface area contributed by atoms with Crippen molar-refractivity contribution in [1.82, 2.24) is 5.32 Å². The maximum atomic E-state index is 11.8. The van der Waals surface area contributed by atoms with Gasteiger partial charge in [0.15, 0.2) is 11.5 Å². The van der Waals surface area contributed by atoms with Crippen molar-refractivity contribution >= 4 is 5.91 Å². The Hall–Kier alpha value is -1.75. The topological polar surface area (TPSA) is 73.6 Å². The van der Waals surface area contributed by atoms with Crippen LogP contribution in [0.2, 0.25) is 0 Å². The van der Waals surface area contributed by atoms with Crippen LogP contribution < -0.4 is 20.5 Å². The largest absolute Gasteiger partial charge is 0.454 e. The summed E-state index contributed by atoms with van der Waals surface area (Å²) in [6.07, 6.45) is 0.597. The molecule has 0 fully saturated rings. The van der Waals surface area contributed by atoms with Crippen LogP contribution in [0.15, 0.2) is 18.2 Å². The third-order valence-electron chi connectivity index (χ3n) is 3.14. The first kappa shape index (κ1) is 12.7. The molecular formula is C13H18N2O3. The van der Waals surface area contributed by atoms with Crippen molar-refractivity contribution < 1.29 is 14.3 Å². The van der Waals surface area contributed by atoms with Crippen molar-refractivity contribution in [3.63, 3.8) is 0 Å². The highest BCUT2D eigenvalue weighted by atomic mass is 16.7. The summed E-state index contributed by atoms with van der Waals surface area (Å²) < 4.78 is 10.5. The van der Waals surface area contributed by atoms with Gasteiger partial charge in [0, 0.05) is 6.54 Å². The predicted octanol–water partition coefficient (Wildman–Crippen LogP) is 1.16. The van der Waals surface area contributed by atoms with Crippen LogP contribution >= 0.6 is 0 Å². The number of rotatable bonds is 4. The zero-order valence-electron chi connectivity index (χ0n) is 10.7. The number of carbonyl (C=O) groups is 1. The number of hydrogen-bond acceptors (Lipinski definition) is 4. The van der Waals surface area contributed by atoms with Gasteiger partial charge < -0.3 is 20.5 Å². The lowest BCUT2D eigenvalue weighted by molar-refractivity contribution is -0.126. The van der Waals surface area contributed by atoms with Gasteiger partial charge in [0.2, 0.25) is 12.7 Å². The van der Waals surface area contributed by atoms with E-state index in [-0.39, 0.29) is 12.7 Å². The van der Waals surface area contributed by atoms with Gasteiger partial charge in [0.25, 0.3) is 0 Å². The van der Waals surface area contributed by atoms with Crippen molar-refractivity contribution in [2.45, 2.75) is 32.4 Å². The minimum absolute atomic E-state index is 0.150. The zero-order valence-corrected chi connectivity index (χ0v) is 10.7. The molecule has 1 aliphatic heterocycles. The molecule has 3 N–H and O–H groups in total. The lowest BCUT2D eigenvalue weighted by Gasteiger charge is -2.21. The molecule has 1 unspecified atom stereocenters. The number of fused-ring (bicyclic) bond motifs is 1. The molecule has 0 saturated heterocycles. The smallest absolute Gasteiger partial charge is 0.240 e.